The van der Waals surface area contributed by atoms with Crippen molar-refractivity contribution in [2.45, 2.75) is 32.6 Å². The van der Waals surface area contributed by atoms with Gasteiger partial charge in [0.15, 0.2) is 0 Å². The highest BCUT2D eigenvalue weighted by Gasteiger charge is 2.17. The fraction of sp³-hybridized carbons (Fsp3) is 0.318. The van der Waals surface area contributed by atoms with Gasteiger partial charge in [0.2, 0.25) is 17.6 Å². The minimum Gasteiger partial charge on any atom is -0.370 e. The number of aryl methyl sites for hydroxylation is 2. The Morgan fingerprint density at radius 2 is 1.86 bits per heavy atom. The van der Waals surface area contributed by atoms with E-state index in [1.54, 1.807) is 0 Å². The average molecular weight is 376 g/mol. The Morgan fingerprint density at radius 1 is 1.11 bits per heavy atom. The second kappa shape index (κ2) is 8.25. The predicted molar refractivity (Wildman–Crippen MR) is 109 cm³/mol. The number of carbonyl (C=O) groups excluding carboxylic acids is 1. The summed E-state index contributed by atoms with van der Waals surface area (Å²) in [6.07, 6.45) is 3.10. The number of nitrogens with one attached hydrogen (secondary N) is 1. The van der Waals surface area contributed by atoms with Crippen molar-refractivity contribution in [3.63, 3.8) is 0 Å². The molecule has 28 heavy (non-hydrogen) atoms. The third-order valence-electron chi connectivity index (χ3n) is 4.97. The Hall–Kier alpha value is -3.15. The van der Waals surface area contributed by atoms with Crippen LogP contribution in [0.15, 0.2) is 53.1 Å². The average Bonchev–Trinajstić information content (AvgIpc) is 3.40. The molecular weight excluding hydrogens is 352 g/mol. The van der Waals surface area contributed by atoms with Gasteiger partial charge >= 0.3 is 0 Å². The van der Waals surface area contributed by atoms with Crippen LogP contribution in [-0.2, 0) is 11.2 Å². The van der Waals surface area contributed by atoms with Crippen molar-refractivity contribution in [3.05, 3.63) is 60.0 Å². The molecule has 2 heterocycles. The van der Waals surface area contributed by atoms with E-state index in [0.29, 0.717) is 24.6 Å². The van der Waals surface area contributed by atoms with Gasteiger partial charge in [-0.05, 0) is 31.9 Å². The lowest BCUT2D eigenvalue weighted by Crippen LogP contribution is -2.21. The molecule has 0 atom stereocenters. The molecule has 0 unspecified atom stereocenters. The summed E-state index contributed by atoms with van der Waals surface area (Å²) in [5.41, 5.74) is 4.04. The van der Waals surface area contributed by atoms with Crippen LogP contribution in [0.4, 0.5) is 11.4 Å². The zero-order valence-electron chi connectivity index (χ0n) is 16.0. The van der Waals surface area contributed by atoms with Gasteiger partial charge in [-0.1, -0.05) is 47.1 Å². The van der Waals surface area contributed by atoms with Crippen LogP contribution in [0.25, 0.3) is 11.4 Å². The van der Waals surface area contributed by atoms with Crippen LogP contribution in [-0.4, -0.2) is 29.1 Å². The summed E-state index contributed by atoms with van der Waals surface area (Å²) in [5, 5.41) is 7.05. The molecule has 0 bridgehead atoms. The Labute approximate surface area is 164 Å². The van der Waals surface area contributed by atoms with Gasteiger partial charge in [-0.3, -0.25) is 4.79 Å². The standard InChI is InChI=1S/C22H24N4O2/c1-16-8-10-17(11-9-16)22-24-21(28-25-22)13-12-20(27)23-18-6-2-3-7-19(18)26-14-4-5-15-26/h2-3,6-11H,4-5,12-15H2,1H3,(H,23,27). The van der Waals surface area contributed by atoms with E-state index in [1.165, 1.54) is 18.4 Å². The van der Waals surface area contributed by atoms with Crippen LogP contribution in [0.5, 0.6) is 0 Å². The molecule has 6 heteroatoms. The maximum atomic E-state index is 12.4. The molecule has 1 aromatic heterocycles. The molecule has 2 aromatic carbocycles. The summed E-state index contributed by atoms with van der Waals surface area (Å²) in [5.74, 6) is 0.968. The Bertz CT molecular complexity index is 943. The van der Waals surface area contributed by atoms with E-state index in [-0.39, 0.29) is 5.91 Å². The van der Waals surface area contributed by atoms with Gasteiger partial charge < -0.3 is 14.7 Å². The summed E-state index contributed by atoms with van der Waals surface area (Å²) < 4.78 is 5.31. The zero-order chi connectivity index (χ0) is 19.3. The highest BCUT2D eigenvalue weighted by Crippen LogP contribution is 2.28. The number of hydrogen-bond acceptors (Lipinski definition) is 5. The fourth-order valence-electron chi connectivity index (χ4n) is 3.42. The maximum Gasteiger partial charge on any atom is 0.227 e. The minimum atomic E-state index is -0.0540. The molecule has 0 radical (unpaired) electrons. The predicted octanol–water partition coefficient (Wildman–Crippen LogP) is 4.22. The number of carbonyl (C=O) groups is 1. The first-order chi connectivity index (χ1) is 13.7. The molecule has 144 valence electrons. The van der Waals surface area contributed by atoms with Crippen molar-refractivity contribution in [2.75, 3.05) is 23.3 Å². The van der Waals surface area contributed by atoms with Crippen molar-refractivity contribution in [3.8, 4) is 11.4 Å². The van der Waals surface area contributed by atoms with Crippen LogP contribution in [0.3, 0.4) is 0 Å². The van der Waals surface area contributed by atoms with Gasteiger partial charge in [0.1, 0.15) is 0 Å². The molecule has 0 saturated carbocycles. The van der Waals surface area contributed by atoms with Crippen LogP contribution in [0.2, 0.25) is 0 Å². The van der Waals surface area contributed by atoms with E-state index >= 15 is 0 Å². The van der Waals surface area contributed by atoms with E-state index in [2.05, 4.69) is 26.4 Å². The van der Waals surface area contributed by atoms with Gasteiger partial charge in [-0.25, -0.2) is 0 Å². The number of nitrogens with zero attached hydrogens (tertiary/aromatic N) is 3. The van der Waals surface area contributed by atoms with Crippen molar-refractivity contribution < 1.29 is 9.32 Å². The smallest absolute Gasteiger partial charge is 0.227 e. The summed E-state index contributed by atoms with van der Waals surface area (Å²) in [6, 6.07) is 15.9. The molecule has 0 aliphatic carbocycles. The minimum absolute atomic E-state index is 0.0540. The first kappa shape index (κ1) is 18.2. The highest BCUT2D eigenvalue weighted by molar-refractivity contribution is 5.94. The highest BCUT2D eigenvalue weighted by atomic mass is 16.5. The molecule has 1 saturated heterocycles. The van der Waals surface area contributed by atoms with Gasteiger partial charge in [0, 0.05) is 31.5 Å². The first-order valence-electron chi connectivity index (χ1n) is 9.72. The second-order valence-corrected chi connectivity index (χ2v) is 7.14. The normalized spacial score (nSPS) is 13.7. The van der Waals surface area contributed by atoms with E-state index in [9.17, 15) is 4.79 Å². The Balaban J connectivity index is 1.36. The Kier molecular flexibility index (Phi) is 5.37. The van der Waals surface area contributed by atoms with Gasteiger partial charge in [-0.15, -0.1) is 0 Å². The van der Waals surface area contributed by atoms with Crippen molar-refractivity contribution in [1.29, 1.82) is 0 Å². The lowest BCUT2D eigenvalue weighted by Gasteiger charge is -2.21. The van der Waals surface area contributed by atoms with E-state index in [1.807, 2.05) is 49.4 Å². The fourth-order valence-corrected chi connectivity index (χ4v) is 3.42. The molecule has 0 spiro atoms. The molecule has 3 aromatic rings. The van der Waals surface area contributed by atoms with Crippen LogP contribution < -0.4 is 10.2 Å². The van der Waals surface area contributed by atoms with Gasteiger partial charge in [0.05, 0.1) is 11.4 Å². The monoisotopic (exact) mass is 376 g/mol. The van der Waals surface area contributed by atoms with E-state index < -0.39 is 0 Å². The third-order valence-corrected chi connectivity index (χ3v) is 4.97. The molecule has 1 amide bonds. The number of para-hydroxylation sites is 2. The van der Waals surface area contributed by atoms with Crippen LogP contribution >= 0.6 is 0 Å². The summed E-state index contributed by atoms with van der Waals surface area (Å²) >= 11 is 0. The van der Waals surface area contributed by atoms with E-state index in [0.717, 1.165) is 30.0 Å². The molecular formula is C22H24N4O2. The number of aromatic nitrogens is 2. The number of benzene rings is 2. The lowest BCUT2D eigenvalue weighted by atomic mass is 10.1. The second-order valence-electron chi connectivity index (χ2n) is 7.14. The number of hydrogen-bond donors (Lipinski definition) is 1. The number of amides is 1. The SMILES string of the molecule is Cc1ccc(-c2noc(CCC(=O)Nc3ccccc3N3CCCC3)n2)cc1. The molecule has 1 N–H and O–H groups in total. The molecule has 6 nitrogen and oxygen atoms in total. The van der Waals surface area contributed by atoms with Gasteiger partial charge in [0.25, 0.3) is 0 Å². The third kappa shape index (κ3) is 4.22. The van der Waals surface area contributed by atoms with Gasteiger partial charge in [-0.2, -0.15) is 4.98 Å². The largest absolute Gasteiger partial charge is 0.370 e. The topological polar surface area (TPSA) is 71.3 Å². The van der Waals surface area contributed by atoms with Crippen LogP contribution in [0, 0.1) is 6.92 Å². The zero-order valence-corrected chi connectivity index (χ0v) is 16.0. The lowest BCUT2D eigenvalue weighted by molar-refractivity contribution is -0.116. The molecule has 1 aliphatic rings. The summed E-state index contributed by atoms with van der Waals surface area (Å²) in [4.78, 5) is 19.2. The quantitative estimate of drug-likeness (QED) is 0.697. The van der Waals surface area contributed by atoms with Crippen molar-refractivity contribution in [1.82, 2.24) is 10.1 Å². The van der Waals surface area contributed by atoms with Crippen molar-refractivity contribution >= 4 is 17.3 Å². The number of anilines is 2. The first-order valence-corrected chi connectivity index (χ1v) is 9.72. The summed E-state index contributed by atoms with van der Waals surface area (Å²) in [6.45, 7) is 4.11. The Morgan fingerprint density at radius 3 is 2.64 bits per heavy atom. The maximum absolute atomic E-state index is 12.4. The molecule has 1 fully saturated rings. The molecule has 4 rings (SSSR count). The van der Waals surface area contributed by atoms with E-state index in [4.69, 9.17) is 4.52 Å². The summed E-state index contributed by atoms with van der Waals surface area (Å²) in [7, 11) is 0. The molecule has 1 aliphatic heterocycles. The van der Waals surface area contributed by atoms with Crippen LogP contribution in [0.1, 0.15) is 30.7 Å². The van der Waals surface area contributed by atoms with Crippen molar-refractivity contribution in [2.24, 2.45) is 0 Å². The number of rotatable bonds is 6.